The van der Waals surface area contributed by atoms with E-state index in [9.17, 15) is 19.5 Å². The van der Waals surface area contributed by atoms with Crippen molar-refractivity contribution in [3.05, 3.63) is 47.5 Å². The van der Waals surface area contributed by atoms with Gasteiger partial charge in [-0.15, -0.1) is 11.3 Å². The topological polar surface area (TPSA) is 157 Å². The van der Waals surface area contributed by atoms with E-state index in [0.717, 1.165) is 16.0 Å². The molecule has 1 aromatic carbocycles. The number of carbonyl (C=O) groups is 3. The van der Waals surface area contributed by atoms with E-state index in [0.29, 0.717) is 13.0 Å². The maximum Gasteiger partial charge on any atom is 0.428 e. The fourth-order valence-electron chi connectivity index (χ4n) is 2.83. The standard InChI is InChI=1S/C21H26N4O5S/c1-12(2)9-16(20(27)28)24-8-4-6-13-5-3-7-14(10-13)17-11-15(18(22)26)19(31-17)25-30-21(23)29/h3-7,10-12,16,24-25H,8-9H2,1-2H3,(H2,22,26)(H2,23,29)(H,27,28)/b6-4+/t16-/m0/s1. The molecular formula is C21H26N4O5S. The molecule has 0 aliphatic rings. The molecule has 0 aliphatic carbocycles. The van der Waals surface area contributed by atoms with E-state index < -0.39 is 24.0 Å². The van der Waals surface area contributed by atoms with E-state index in [1.165, 1.54) is 11.3 Å². The molecule has 9 nitrogen and oxygen atoms in total. The predicted octanol–water partition coefficient (Wildman–Crippen LogP) is 3.04. The number of nitrogens with one attached hydrogen (secondary N) is 2. The minimum absolute atomic E-state index is 0.177. The van der Waals surface area contributed by atoms with E-state index in [1.54, 1.807) is 6.07 Å². The van der Waals surface area contributed by atoms with Crippen LogP contribution in [0.2, 0.25) is 0 Å². The van der Waals surface area contributed by atoms with Gasteiger partial charge in [-0.05, 0) is 35.6 Å². The van der Waals surface area contributed by atoms with Crippen LogP contribution in [0, 0.1) is 5.92 Å². The van der Waals surface area contributed by atoms with Gasteiger partial charge in [-0.2, -0.15) is 0 Å². The highest BCUT2D eigenvalue weighted by Crippen LogP contribution is 2.35. The molecule has 0 fully saturated rings. The lowest BCUT2D eigenvalue weighted by molar-refractivity contribution is -0.139. The number of nitrogens with two attached hydrogens (primary N) is 2. The van der Waals surface area contributed by atoms with Gasteiger partial charge in [0.2, 0.25) is 0 Å². The lowest BCUT2D eigenvalue weighted by atomic mass is 10.0. The van der Waals surface area contributed by atoms with Crippen molar-refractivity contribution < 1.29 is 24.3 Å². The number of primary amides is 2. The summed E-state index contributed by atoms with van der Waals surface area (Å²) in [5, 5.41) is 12.6. The van der Waals surface area contributed by atoms with Crippen molar-refractivity contribution in [2.75, 3.05) is 12.0 Å². The number of carboxylic acids is 1. The molecule has 2 rings (SSSR count). The molecule has 0 saturated heterocycles. The maximum atomic E-state index is 11.7. The molecule has 0 bridgehead atoms. The quantitative estimate of drug-likeness (QED) is 0.332. The number of thiophene rings is 1. The Kier molecular flexibility index (Phi) is 8.59. The second-order valence-electron chi connectivity index (χ2n) is 7.20. The second-order valence-corrected chi connectivity index (χ2v) is 8.25. The van der Waals surface area contributed by atoms with Crippen LogP contribution in [0.3, 0.4) is 0 Å². The van der Waals surface area contributed by atoms with Crippen LogP contribution in [-0.4, -0.2) is 35.7 Å². The van der Waals surface area contributed by atoms with E-state index in [2.05, 4.69) is 15.6 Å². The highest BCUT2D eigenvalue weighted by Gasteiger charge is 2.17. The van der Waals surface area contributed by atoms with Crippen LogP contribution >= 0.6 is 11.3 Å². The van der Waals surface area contributed by atoms with Crippen molar-refractivity contribution in [3.63, 3.8) is 0 Å². The Morgan fingerprint density at radius 2 is 1.97 bits per heavy atom. The highest BCUT2D eigenvalue weighted by atomic mass is 32.1. The molecular weight excluding hydrogens is 420 g/mol. The Morgan fingerprint density at radius 1 is 1.23 bits per heavy atom. The van der Waals surface area contributed by atoms with Crippen LogP contribution in [0.4, 0.5) is 9.80 Å². The second kappa shape index (κ2) is 11.1. The molecule has 1 heterocycles. The van der Waals surface area contributed by atoms with Crippen LogP contribution in [0.5, 0.6) is 0 Å². The first-order valence-corrected chi connectivity index (χ1v) is 10.4. The van der Waals surface area contributed by atoms with E-state index in [1.807, 2.05) is 50.3 Å². The molecule has 0 unspecified atom stereocenters. The fourth-order valence-corrected chi connectivity index (χ4v) is 3.83. The van der Waals surface area contributed by atoms with Gasteiger partial charge < -0.3 is 26.7 Å². The minimum atomic E-state index is -1.04. The minimum Gasteiger partial charge on any atom is -0.480 e. The van der Waals surface area contributed by atoms with Gasteiger partial charge in [0.15, 0.2) is 0 Å². The number of hydrogen-bond donors (Lipinski definition) is 5. The van der Waals surface area contributed by atoms with Crippen molar-refractivity contribution in [1.29, 1.82) is 0 Å². The molecule has 166 valence electrons. The number of amides is 2. The van der Waals surface area contributed by atoms with Crippen LogP contribution < -0.4 is 22.3 Å². The summed E-state index contributed by atoms with van der Waals surface area (Å²) in [6.45, 7) is 4.37. The third-order valence-corrected chi connectivity index (χ3v) is 5.29. The Bertz CT molecular complexity index is 970. The number of anilines is 1. The van der Waals surface area contributed by atoms with Crippen molar-refractivity contribution in [3.8, 4) is 10.4 Å². The molecule has 2 amide bonds. The summed E-state index contributed by atoms with van der Waals surface area (Å²) in [5.41, 5.74) is 14.6. The molecule has 1 atom stereocenters. The Hall–Kier alpha value is -3.37. The summed E-state index contributed by atoms with van der Waals surface area (Å²) in [6.07, 6.45) is 3.24. The average molecular weight is 447 g/mol. The summed E-state index contributed by atoms with van der Waals surface area (Å²) in [7, 11) is 0. The lowest BCUT2D eigenvalue weighted by Crippen LogP contribution is -2.37. The summed E-state index contributed by atoms with van der Waals surface area (Å²) in [5.74, 6) is -1.26. The van der Waals surface area contributed by atoms with Crippen molar-refractivity contribution in [2.24, 2.45) is 17.4 Å². The van der Waals surface area contributed by atoms with Crippen LogP contribution in [0.15, 0.2) is 36.4 Å². The zero-order valence-corrected chi connectivity index (χ0v) is 18.1. The van der Waals surface area contributed by atoms with E-state index in [4.69, 9.17) is 11.5 Å². The molecule has 0 aliphatic heterocycles. The third-order valence-electron chi connectivity index (χ3n) is 4.21. The maximum absolute atomic E-state index is 11.7. The normalized spacial score (nSPS) is 12.1. The summed E-state index contributed by atoms with van der Waals surface area (Å²) < 4.78 is 0. The highest BCUT2D eigenvalue weighted by molar-refractivity contribution is 7.19. The molecule has 2 aromatic rings. The number of rotatable bonds is 11. The van der Waals surface area contributed by atoms with Gasteiger partial charge in [-0.1, -0.05) is 44.2 Å². The molecule has 10 heteroatoms. The van der Waals surface area contributed by atoms with Crippen LogP contribution in [-0.2, 0) is 9.63 Å². The number of carboxylic acid groups (broad SMARTS) is 1. The van der Waals surface area contributed by atoms with Crippen LogP contribution in [0.1, 0.15) is 36.2 Å². The zero-order valence-electron chi connectivity index (χ0n) is 17.3. The SMILES string of the molecule is CC(C)C[C@H](NC/C=C/c1cccc(-c2cc(C(N)=O)c(NOC(N)=O)s2)c1)C(=O)O. The summed E-state index contributed by atoms with van der Waals surface area (Å²) in [6, 6.07) is 8.55. The first-order valence-electron chi connectivity index (χ1n) is 9.56. The largest absolute Gasteiger partial charge is 0.480 e. The first-order chi connectivity index (χ1) is 14.7. The van der Waals surface area contributed by atoms with Gasteiger partial charge in [-0.25, -0.2) is 10.3 Å². The molecule has 7 N–H and O–H groups in total. The molecule has 1 aromatic heterocycles. The van der Waals surface area contributed by atoms with Gasteiger partial charge in [0.05, 0.1) is 5.56 Å². The summed E-state index contributed by atoms with van der Waals surface area (Å²) in [4.78, 5) is 39.1. The van der Waals surface area contributed by atoms with Crippen molar-refractivity contribution in [1.82, 2.24) is 5.32 Å². The third kappa shape index (κ3) is 7.43. The fraction of sp³-hybridized carbons (Fsp3) is 0.286. The molecule has 31 heavy (non-hydrogen) atoms. The molecule has 0 spiro atoms. The Morgan fingerprint density at radius 3 is 2.58 bits per heavy atom. The molecule has 0 saturated carbocycles. The number of carbonyl (C=O) groups excluding carboxylic acids is 2. The van der Waals surface area contributed by atoms with E-state index >= 15 is 0 Å². The predicted molar refractivity (Wildman–Crippen MR) is 120 cm³/mol. The lowest BCUT2D eigenvalue weighted by Gasteiger charge is -2.15. The van der Waals surface area contributed by atoms with Gasteiger partial charge >= 0.3 is 12.1 Å². The first kappa shape index (κ1) is 23.9. The van der Waals surface area contributed by atoms with E-state index in [-0.39, 0.29) is 16.5 Å². The monoisotopic (exact) mass is 446 g/mol. The van der Waals surface area contributed by atoms with Gasteiger partial charge in [-0.3, -0.25) is 9.59 Å². The van der Waals surface area contributed by atoms with Crippen molar-refractivity contribution in [2.45, 2.75) is 26.3 Å². The van der Waals surface area contributed by atoms with Gasteiger partial charge in [0.25, 0.3) is 5.91 Å². The van der Waals surface area contributed by atoms with Gasteiger partial charge in [0, 0.05) is 11.4 Å². The zero-order chi connectivity index (χ0) is 23.0. The number of aliphatic carboxylic acids is 1. The molecule has 0 radical (unpaired) electrons. The van der Waals surface area contributed by atoms with Crippen LogP contribution in [0.25, 0.3) is 16.5 Å². The number of hydrogen-bond acceptors (Lipinski definition) is 7. The average Bonchev–Trinajstić information content (AvgIpc) is 3.13. The number of benzene rings is 1. The smallest absolute Gasteiger partial charge is 0.428 e. The van der Waals surface area contributed by atoms with Gasteiger partial charge in [0.1, 0.15) is 11.0 Å². The Labute approximate surface area is 184 Å². The summed E-state index contributed by atoms with van der Waals surface area (Å²) >= 11 is 1.19. The Balaban J connectivity index is 2.12. The van der Waals surface area contributed by atoms with Crippen molar-refractivity contribution >= 4 is 40.4 Å².